The highest BCUT2D eigenvalue weighted by molar-refractivity contribution is 5.89. The number of aromatic nitrogens is 2. The molecule has 0 saturated heterocycles. The molecule has 0 radical (unpaired) electrons. The van der Waals surface area contributed by atoms with Gasteiger partial charge in [-0.15, -0.1) is 0 Å². The quantitative estimate of drug-likeness (QED) is 0.806. The monoisotopic (exact) mass is 285 g/mol. The molecule has 0 aromatic carbocycles. The van der Waals surface area contributed by atoms with Crippen molar-refractivity contribution in [3.05, 3.63) is 47.4 Å². The van der Waals surface area contributed by atoms with Crippen molar-refractivity contribution in [2.24, 2.45) is 0 Å². The number of pyridine rings is 2. The number of aryl methyl sites for hydroxylation is 2. The average Bonchev–Trinajstić information content (AvgIpc) is 2.44. The van der Waals surface area contributed by atoms with Crippen molar-refractivity contribution in [3.63, 3.8) is 0 Å². The largest absolute Gasteiger partial charge is 0.373 e. The Kier molecular flexibility index (Phi) is 4.71. The van der Waals surface area contributed by atoms with Crippen molar-refractivity contribution in [1.29, 1.82) is 0 Å². The summed E-state index contributed by atoms with van der Waals surface area (Å²) < 4.78 is 0. The lowest BCUT2D eigenvalue weighted by Gasteiger charge is -2.09. The number of carbonyl (C=O) groups is 1. The zero-order chi connectivity index (χ0) is 15.2. The summed E-state index contributed by atoms with van der Waals surface area (Å²) in [4.78, 5) is 20.3. The lowest BCUT2D eigenvalue weighted by Crippen LogP contribution is -2.28. The minimum absolute atomic E-state index is 0.247. The van der Waals surface area contributed by atoms with Gasteiger partial charge in [-0.1, -0.05) is 0 Å². The first-order valence-corrected chi connectivity index (χ1v) is 6.69. The van der Waals surface area contributed by atoms with E-state index in [1.54, 1.807) is 13.2 Å². The van der Waals surface area contributed by atoms with E-state index in [4.69, 9.17) is 0 Å². The van der Waals surface area contributed by atoms with E-state index in [1.165, 1.54) is 0 Å². The molecule has 0 aliphatic carbocycles. The summed E-state index contributed by atoms with van der Waals surface area (Å²) >= 11 is 0. The van der Waals surface area contributed by atoms with Gasteiger partial charge in [-0.2, -0.15) is 0 Å². The predicted molar refractivity (Wildman–Crippen MR) is 83.4 cm³/mol. The van der Waals surface area contributed by atoms with Gasteiger partial charge in [-0.05, 0) is 43.7 Å². The standard InChI is InChI=1S/C15H19N5O/c1-10-6-13(7-11(2)19-10)20-15(21)18-9-12-4-5-17-14(8-12)16-3/h4-8H,9H2,1-3H3,(H,16,17)(H2,18,19,20,21). The van der Waals surface area contributed by atoms with Crippen LogP contribution in [0.25, 0.3) is 0 Å². The van der Waals surface area contributed by atoms with Gasteiger partial charge in [0.2, 0.25) is 0 Å². The number of hydrogen-bond acceptors (Lipinski definition) is 4. The van der Waals surface area contributed by atoms with Gasteiger partial charge in [0.25, 0.3) is 0 Å². The highest BCUT2D eigenvalue weighted by Crippen LogP contribution is 2.10. The summed E-state index contributed by atoms with van der Waals surface area (Å²) in [6.07, 6.45) is 1.70. The molecule has 2 heterocycles. The molecule has 0 unspecified atom stereocenters. The Morgan fingerprint density at radius 2 is 1.90 bits per heavy atom. The number of carbonyl (C=O) groups excluding carboxylic acids is 1. The third-order valence-corrected chi connectivity index (χ3v) is 2.87. The molecular weight excluding hydrogens is 266 g/mol. The van der Waals surface area contributed by atoms with E-state index in [1.807, 2.05) is 38.1 Å². The predicted octanol–water partition coefficient (Wildman–Crippen LogP) is 2.46. The molecule has 2 rings (SSSR count). The molecular formula is C15H19N5O. The first kappa shape index (κ1) is 14.8. The second-order valence-corrected chi connectivity index (χ2v) is 4.75. The Morgan fingerprint density at radius 3 is 2.57 bits per heavy atom. The molecule has 2 aromatic heterocycles. The molecule has 6 heteroatoms. The lowest BCUT2D eigenvalue weighted by atomic mass is 10.2. The number of hydrogen-bond donors (Lipinski definition) is 3. The number of amides is 2. The fourth-order valence-electron chi connectivity index (χ4n) is 1.99. The molecule has 6 nitrogen and oxygen atoms in total. The van der Waals surface area contributed by atoms with Gasteiger partial charge in [-0.25, -0.2) is 9.78 Å². The fourth-order valence-corrected chi connectivity index (χ4v) is 1.99. The molecule has 21 heavy (non-hydrogen) atoms. The summed E-state index contributed by atoms with van der Waals surface area (Å²) in [6.45, 7) is 4.23. The van der Waals surface area contributed by atoms with Crippen LogP contribution in [0, 0.1) is 13.8 Å². The maximum absolute atomic E-state index is 11.9. The van der Waals surface area contributed by atoms with E-state index in [0.29, 0.717) is 6.54 Å². The molecule has 110 valence electrons. The number of nitrogens with zero attached hydrogens (tertiary/aromatic N) is 2. The minimum atomic E-state index is -0.247. The van der Waals surface area contributed by atoms with E-state index in [2.05, 4.69) is 25.9 Å². The summed E-state index contributed by atoms with van der Waals surface area (Å²) in [5, 5.41) is 8.57. The molecule has 0 spiro atoms. The average molecular weight is 285 g/mol. The smallest absolute Gasteiger partial charge is 0.319 e. The van der Waals surface area contributed by atoms with Crippen molar-refractivity contribution in [2.45, 2.75) is 20.4 Å². The molecule has 2 aromatic rings. The summed E-state index contributed by atoms with van der Waals surface area (Å²) in [5.74, 6) is 0.773. The maximum Gasteiger partial charge on any atom is 0.319 e. The van der Waals surface area contributed by atoms with E-state index in [0.717, 1.165) is 28.5 Å². The molecule has 0 aliphatic rings. The van der Waals surface area contributed by atoms with Crippen LogP contribution in [0.3, 0.4) is 0 Å². The molecule has 0 aliphatic heterocycles. The Morgan fingerprint density at radius 1 is 1.19 bits per heavy atom. The van der Waals surface area contributed by atoms with Crippen LogP contribution < -0.4 is 16.0 Å². The number of anilines is 2. The molecule has 2 amide bonds. The Labute approximate surface area is 124 Å². The van der Waals surface area contributed by atoms with Crippen LogP contribution in [-0.4, -0.2) is 23.0 Å². The molecule has 0 atom stereocenters. The van der Waals surface area contributed by atoms with Crippen molar-refractivity contribution in [3.8, 4) is 0 Å². The van der Waals surface area contributed by atoms with Crippen LogP contribution in [0.1, 0.15) is 17.0 Å². The second-order valence-electron chi connectivity index (χ2n) is 4.75. The highest BCUT2D eigenvalue weighted by atomic mass is 16.2. The van der Waals surface area contributed by atoms with Crippen molar-refractivity contribution < 1.29 is 4.79 Å². The first-order chi connectivity index (χ1) is 10.1. The van der Waals surface area contributed by atoms with Gasteiger partial charge in [0.1, 0.15) is 5.82 Å². The maximum atomic E-state index is 11.9. The van der Waals surface area contributed by atoms with Crippen molar-refractivity contribution in [2.75, 3.05) is 17.7 Å². The van der Waals surface area contributed by atoms with E-state index in [9.17, 15) is 4.79 Å². The second kappa shape index (κ2) is 6.69. The normalized spacial score (nSPS) is 10.0. The Hall–Kier alpha value is -2.63. The van der Waals surface area contributed by atoms with Crippen molar-refractivity contribution in [1.82, 2.24) is 15.3 Å². The zero-order valence-corrected chi connectivity index (χ0v) is 12.4. The SMILES string of the molecule is CNc1cc(CNC(=O)Nc2cc(C)nc(C)c2)ccn1. The van der Waals surface area contributed by atoms with Crippen LogP contribution in [0.5, 0.6) is 0 Å². The number of nitrogens with one attached hydrogen (secondary N) is 3. The van der Waals surface area contributed by atoms with E-state index in [-0.39, 0.29) is 6.03 Å². The third-order valence-electron chi connectivity index (χ3n) is 2.87. The number of rotatable bonds is 4. The number of urea groups is 1. The fraction of sp³-hybridized carbons (Fsp3) is 0.267. The van der Waals surface area contributed by atoms with Gasteiger partial charge in [-0.3, -0.25) is 4.98 Å². The van der Waals surface area contributed by atoms with Crippen LogP contribution in [0.2, 0.25) is 0 Å². The van der Waals surface area contributed by atoms with Crippen molar-refractivity contribution >= 4 is 17.5 Å². The Bertz CT molecular complexity index is 621. The van der Waals surface area contributed by atoms with Crippen LogP contribution in [0.15, 0.2) is 30.5 Å². The summed E-state index contributed by atoms with van der Waals surface area (Å²) in [7, 11) is 1.81. The molecule has 3 N–H and O–H groups in total. The van der Waals surface area contributed by atoms with Crippen LogP contribution >= 0.6 is 0 Å². The minimum Gasteiger partial charge on any atom is -0.373 e. The summed E-state index contributed by atoms with van der Waals surface area (Å²) in [6, 6.07) is 7.17. The first-order valence-electron chi connectivity index (χ1n) is 6.69. The summed E-state index contributed by atoms with van der Waals surface area (Å²) in [5.41, 5.74) is 3.46. The van der Waals surface area contributed by atoms with Gasteiger partial charge in [0, 0.05) is 36.9 Å². The van der Waals surface area contributed by atoms with Gasteiger partial charge in [0.15, 0.2) is 0 Å². The topological polar surface area (TPSA) is 78.9 Å². The molecule has 0 fully saturated rings. The van der Waals surface area contributed by atoms with E-state index >= 15 is 0 Å². The molecule has 0 bridgehead atoms. The van der Waals surface area contributed by atoms with E-state index < -0.39 is 0 Å². The highest BCUT2D eigenvalue weighted by Gasteiger charge is 2.04. The third kappa shape index (κ3) is 4.45. The van der Waals surface area contributed by atoms with Crippen LogP contribution in [0.4, 0.5) is 16.3 Å². The van der Waals surface area contributed by atoms with Gasteiger partial charge >= 0.3 is 6.03 Å². The zero-order valence-electron chi connectivity index (χ0n) is 12.4. The lowest BCUT2D eigenvalue weighted by molar-refractivity contribution is 0.251. The van der Waals surface area contributed by atoms with Gasteiger partial charge < -0.3 is 16.0 Å². The Balaban J connectivity index is 1.92. The van der Waals surface area contributed by atoms with Crippen LogP contribution in [-0.2, 0) is 6.54 Å². The molecule has 0 saturated carbocycles. The van der Waals surface area contributed by atoms with Gasteiger partial charge in [0.05, 0.1) is 0 Å².